The number of anilines is 2. The van der Waals surface area contributed by atoms with E-state index in [1.54, 1.807) is 36.1 Å². The molecule has 140 valence electrons. The van der Waals surface area contributed by atoms with Crippen LogP contribution in [0.15, 0.2) is 41.3 Å². The first kappa shape index (κ1) is 17.5. The highest BCUT2D eigenvalue weighted by molar-refractivity contribution is 7.92. The number of rotatable bonds is 4. The maximum Gasteiger partial charge on any atom is 0.261 e. The summed E-state index contributed by atoms with van der Waals surface area (Å²) in [5, 5.41) is 0. The standard InChI is InChI=1S/C19H19N3O4S/c1-11-15-10-13(9-12-5-4-8-22(17(12)15)19(11)24)27(25,26)21-16-7-3-2-6-14(16)18(20)23/h2-3,6-7,9-11,21H,4-5,8H2,1H3,(H2,20,23)/t11-/m1/s1. The lowest BCUT2D eigenvalue weighted by atomic mass is 9.97. The summed E-state index contributed by atoms with van der Waals surface area (Å²) in [6.07, 6.45) is 1.52. The second-order valence-electron chi connectivity index (χ2n) is 6.85. The Hall–Kier alpha value is -2.87. The van der Waals surface area contributed by atoms with Crippen LogP contribution >= 0.6 is 0 Å². The van der Waals surface area contributed by atoms with Gasteiger partial charge in [-0.3, -0.25) is 14.3 Å². The van der Waals surface area contributed by atoms with Crippen molar-refractivity contribution in [3.63, 3.8) is 0 Å². The van der Waals surface area contributed by atoms with E-state index in [9.17, 15) is 18.0 Å². The predicted octanol–water partition coefficient (Wildman–Crippen LogP) is 1.98. The normalized spacial score (nSPS) is 18.3. The molecule has 0 radical (unpaired) electrons. The summed E-state index contributed by atoms with van der Waals surface area (Å²) >= 11 is 0. The number of carbonyl (C=O) groups excluding carboxylic acids is 2. The maximum atomic E-state index is 13.0. The highest BCUT2D eigenvalue weighted by atomic mass is 32.2. The Morgan fingerprint density at radius 3 is 2.74 bits per heavy atom. The van der Waals surface area contributed by atoms with Crippen molar-refractivity contribution in [2.24, 2.45) is 5.73 Å². The summed E-state index contributed by atoms with van der Waals surface area (Å²) in [6.45, 7) is 2.46. The molecule has 3 N–H and O–H groups in total. The first-order valence-electron chi connectivity index (χ1n) is 8.69. The number of sulfonamides is 1. The van der Waals surface area contributed by atoms with Crippen LogP contribution in [0, 0.1) is 0 Å². The number of hydrogen-bond donors (Lipinski definition) is 2. The minimum Gasteiger partial charge on any atom is -0.366 e. The Morgan fingerprint density at radius 1 is 1.26 bits per heavy atom. The highest BCUT2D eigenvalue weighted by Crippen LogP contribution is 2.44. The number of hydrogen-bond acceptors (Lipinski definition) is 4. The summed E-state index contributed by atoms with van der Waals surface area (Å²) in [5.41, 5.74) is 8.01. The molecule has 0 saturated heterocycles. The predicted molar refractivity (Wildman–Crippen MR) is 101 cm³/mol. The molecule has 2 heterocycles. The fourth-order valence-corrected chi connectivity index (χ4v) is 4.98. The lowest BCUT2D eigenvalue weighted by Gasteiger charge is -2.26. The van der Waals surface area contributed by atoms with Crippen molar-refractivity contribution in [2.75, 3.05) is 16.2 Å². The van der Waals surface area contributed by atoms with Crippen molar-refractivity contribution in [1.82, 2.24) is 0 Å². The van der Waals surface area contributed by atoms with Crippen LogP contribution in [0.25, 0.3) is 0 Å². The minimum absolute atomic E-state index is 0.00697. The van der Waals surface area contributed by atoms with E-state index in [4.69, 9.17) is 5.73 Å². The van der Waals surface area contributed by atoms with Gasteiger partial charge in [0, 0.05) is 6.54 Å². The molecule has 0 unspecified atom stereocenters. The van der Waals surface area contributed by atoms with Crippen LogP contribution in [0.3, 0.4) is 0 Å². The molecule has 0 aromatic heterocycles. The summed E-state index contributed by atoms with van der Waals surface area (Å²) < 4.78 is 28.4. The minimum atomic E-state index is -3.95. The van der Waals surface area contributed by atoms with E-state index in [1.165, 1.54) is 12.1 Å². The number of carbonyl (C=O) groups is 2. The Balaban J connectivity index is 1.79. The van der Waals surface area contributed by atoms with Crippen LogP contribution in [0.2, 0.25) is 0 Å². The van der Waals surface area contributed by atoms with Gasteiger partial charge in [0.1, 0.15) is 0 Å². The molecule has 2 aliphatic heterocycles. The van der Waals surface area contributed by atoms with Gasteiger partial charge >= 0.3 is 0 Å². The SMILES string of the molecule is C[C@H]1C(=O)N2CCCc3cc(S(=O)(=O)Nc4ccccc4C(N)=O)cc1c32. The van der Waals surface area contributed by atoms with Crippen LogP contribution in [0.4, 0.5) is 11.4 Å². The third kappa shape index (κ3) is 2.76. The number of nitrogens with zero attached hydrogens (tertiary/aromatic N) is 1. The quantitative estimate of drug-likeness (QED) is 0.838. The molecule has 8 heteroatoms. The molecule has 1 atom stereocenters. The average Bonchev–Trinajstić information content (AvgIpc) is 2.88. The second kappa shape index (κ2) is 6.09. The zero-order valence-electron chi connectivity index (χ0n) is 14.7. The van der Waals surface area contributed by atoms with Crippen LogP contribution in [0.5, 0.6) is 0 Å². The van der Waals surface area contributed by atoms with Crippen LogP contribution < -0.4 is 15.4 Å². The molecule has 0 bridgehead atoms. The molecule has 2 aliphatic rings. The van der Waals surface area contributed by atoms with Gasteiger partial charge in [-0.2, -0.15) is 0 Å². The largest absolute Gasteiger partial charge is 0.366 e. The zero-order chi connectivity index (χ0) is 19.3. The molecule has 7 nitrogen and oxygen atoms in total. The molecular formula is C19H19N3O4S. The molecule has 0 saturated carbocycles. The average molecular weight is 385 g/mol. The molecule has 0 spiro atoms. The number of primary amides is 1. The Morgan fingerprint density at radius 2 is 2.00 bits per heavy atom. The molecule has 4 rings (SSSR count). The summed E-state index contributed by atoms with van der Waals surface area (Å²) in [4.78, 5) is 25.9. The molecular weight excluding hydrogens is 366 g/mol. The van der Waals surface area contributed by atoms with E-state index in [-0.39, 0.29) is 28.0 Å². The molecule has 27 heavy (non-hydrogen) atoms. The van der Waals surface area contributed by atoms with E-state index in [0.29, 0.717) is 6.54 Å². The first-order chi connectivity index (χ1) is 12.8. The second-order valence-corrected chi connectivity index (χ2v) is 8.53. The Kier molecular flexibility index (Phi) is 3.96. The van der Waals surface area contributed by atoms with E-state index < -0.39 is 15.9 Å². The van der Waals surface area contributed by atoms with Gasteiger partial charge in [0.05, 0.1) is 27.8 Å². The number of nitrogens with one attached hydrogen (secondary N) is 1. The van der Waals surface area contributed by atoms with E-state index in [1.807, 2.05) is 0 Å². The van der Waals surface area contributed by atoms with Crippen molar-refractivity contribution in [3.05, 3.63) is 53.1 Å². The van der Waals surface area contributed by atoms with E-state index >= 15 is 0 Å². The van der Waals surface area contributed by atoms with E-state index in [2.05, 4.69) is 4.72 Å². The number of aryl methyl sites for hydroxylation is 1. The van der Waals surface area contributed by atoms with Gasteiger partial charge in [0.15, 0.2) is 0 Å². The highest BCUT2D eigenvalue weighted by Gasteiger charge is 2.38. The fourth-order valence-electron chi connectivity index (χ4n) is 3.81. The molecule has 2 aromatic rings. The van der Waals surface area contributed by atoms with E-state index in [0.717, 1.165) is 29.7 Å². The zero-order valence-corrected chi connectivity index (χ0v) is 15.5. The Labute approximate surface area is 157 Å². The maximum absolute atomic E-state index is 13.0. The summed E-state index contributed by atoms with van der Waals surface area (Å²) in [6, 6.07) is 9.36. The molecule has 0 fully saturated rings. The number of para-hydroxylation sites is 1. The third-order valence-electron chi connectivity index (χ3n) is 5.14. The van der Waals surface area contributed by atoms with Crippen LogP contribution in [-0.2, 0) is 21.2 Å². The number of amides is 2. The van der Waals surface area contributed by atoms with Gasteiger partial charge in [0.25, 0.3) is 15.9 Å². The van der Waals surface area contributed by atoms with Gasteiger partial charge in [-0.25, -0.2) is 8.42 Å². The van der Waals surface area contributed by atoms with Crippen molar-refractivity contribution in [3.8, 4) is 0 Å². The third-order valence-corrected chi connectivity index (χ3v) is 6.48. The van der Waals surface area contributed by atoms with Gasteiger partial charge in [-0.1, -0.05) is 12.1 Å². The molecule has 2 aromatic carbocycles. The number of benzene rings is 2. The number of nitrogens with two attached hydrogens (primary N) is 1. The van der Waals surface area contributed by atoms with Crippen LogP contribution in [0.1, 0.15) is 40.7 Å². The van der Waals surface area contributed by atoms with Gasteiger partial charge in [0.2, 0.25) is 5.91 Å². The lowest BCUT2D eigenvalue weighted by molar-refractivity contribution is -0.119. The molecule has 0 aliphatic carbocycles. The van der Waals surface area contributed by atoms with Crippen LogP contribution in [-0.4, -0.2) is 26.8 Å². The first-order valence-corrected chi connectivity index (χ1v) is 10.2. The topological polar surface area (TPSA) is 110 Å². The van der Waals surface area contributed by atoms with Crippen molar-refractivity contribution >= 4 is 33.2 Å². The van der Waals surface area contributed by atoms with Crippen molar-refractivity contribution in [1.29, 1.82) is 0 Å². The van der Waals surface area contributed by atoms with Gasteiger partial charge in [-0.05, 0) is 55.2 Å². The lowest BCUT2D eigenvalue weighted by Crippen LogP contribution is -2.32. The monoisotopic (exact) mass is 385 g/mol. The molecule has 2 amide bonds. The van der Waals surface area contributed by atoms with Gasteiger partial charge < -0.3 is 10.6 Å². The van der Waals surface area contributed by atoms with Crippen molar-refractivity contribution < 1.29 is 18.0 Å². The Bertz CT molecular complexity index is 1080. The summed E-state index contributed by atoms with van der Waals surface area (Å²) in [5.74, 6) is -1.08. The fraction of sp³-hybridized carbons (Fsp3) is 0.263. The van der Waals surface area contributed by atoms with Gasteiger partial charge in [-0.15, -0.1) is 0 Å². The summed E-state index contributed by atoms with van der Waals surface area (Å²) in [7, 11) is -3.95. The van der Waals surface area contributed by atoms with Crippen molar-refractivity contribution in [2.45, 2.75) is 30.6 Å². The smallest absolute Gasteiger partial charge is 0.261 e.